The Morgan fingerprint density at radius 3 is 2.51 bits per heavy atom. The lowest BCUT2D eigenvalue weighted by molar-refractivity contribution is -0.146. The van der Waals surface area contributed by atoms with E-state index < -0.39 is 18.0 Å². The predicted octanol–water partition coefficient (Wildman–Crippen LogP) is 2.22. The quantitative estimate of drug-likeness (QED) is 0.239. The summed E-state index contributed by atoms with van der Waals surface area (Å²) >= 11 is 0. The van der Waals surface area contributed by atoms with Crippen LogP contribution in [0, 0.1) is 0 Å². The highest BCUT2D eigenvalue weighted by Crippen LogP contribution is 2.21. The molecule has 10 heteroatoms. The molecule has 5 rings (SSSR count). The van der Waals surface area contributed by atoms with Crippen molar-refractivity contribution in [3.8, 4) is 5.75 Å². The fourth-order valence-electron chi connectivity index (χ4n) is 5.00. The molecule has 1 aliphatic heterocycles. The van der Waals surface area contributed by atoms with Gasteiger partial charge in [0.05, 0.1) is 7.11 Å². The van der Waals surface area contributed by atoms with Crippen molar-refractivity contribution >= 4 is 34.5 Å². The number of H-pyrrole nitrogens is 1. The maximum atomic E-state index is 13.4. The van der Waals surface area contributed by atoms with Gasteiger partial charge >= 0.3 is 0 Å². The molecule has 0 spiro atoms. The first-order valence-corrected chi connectivity index (χ1v) is 13.3. The summed E-state index contributed by atoms with van der Waals surface area (Å²) in [6.07, 6.45) is 2.04. The zero-order valence-electron chi connectivity index (χ0n) is 22.6. The molecule has 1 saturated heterocycles. The minimum atomic E-state index is -0.935. The van der Waals surface area contributed by atoms with Crippen LogP contribution < -0.4 is 20.7 Å². The highest BCUT2D eigenvalue weighted by Gasteiger charge is 2.35. The van der Waals surface area contributed by atoms with E-state index in [0.717, 1.165) is 22.0 Å². The number of hydrogen-bond donors (Lipinski definition) is 4. The maximum absolute atomic E-state index is 13.4. The first-order chi connectivity index (χ1) is 19.9. The van der Waals surface area contributed by atoms with Gasteiger partial charge in [0, 0.05) is 35.6 Å². The number of nitrogens with zero attached hydrogens (tertiary/aromatic N) is 1. The number of rotatable bonds is 10. The third-order valence-electron chi connectivity index (χ3n) is 7.06. The Labute approximate surface area is 237 Å². The van der Waals surface area contributed by atoms with Gasteiger partial charge in [-0.25, -0.2) is 0 Å². The highest BCUT2D eigenvalue weighted by molar-refractivity contribution is 5.98. The van der Waals surface area contributed by atoms with E-state index in [0.29, 0.717) is 11.3 Å². The molecular weight excluding hydrogens is 522 g/mol. The molecule has 2 heterocycles. The Bertz CT molecular complexity index is 1570. The molecule has 0 radical (unpaired) electrons. The number of para-hydroxylation sites is 2. The molecule has 3 aromatic carbocycles. The largest absolute Gasteiger partial charge is 0.496 e. The van der Waals surface area contributed by atoms with Crippen molar-refractivity contribution in [1.29, 1.82) is 0 Å². The number of fused-ring (bicyclic) bond motifs is 1. The lowest BCUT2D eigenvalue weighted by atomic mass is 10.0. The molecule has 2 unspecified atom stereocenters. The van der Waals surface area contributed by atoms with Gasteiger partial charge in [-0.15, -0.1) is 0 Å². The van der Waals surface area contributed by atoms with Crippen molar-refractivity contribution in [2.75, 3.05) is 20.2 Å². The van der Waals surface area contributed by atoms with Crippen molar-refractivity contribution in [2.45, 2.75) is 25.0 Å². The SMILES string of the molecule is COc1ccccc1CNC(=O)C(Cc1c[nH]c2ccccc12)NC(=O)CN1CC(=O)NC(c2ccccc2)C1=O. The number of ether oxygens (including phenoxy) is 1. The van der Waals surface area contributed by atoms with E-state index in [1.807, 2.05) is 54.7 Å². The van der Waals surface area contributed by atoms with Crippen LogP contribution in [0.3, 0.4) is 0 Å². The Hall–Kier alpha value is -5.12. The van der Waals surface area contributed by atoms with Crippen molar-refractivity contribution < 1.29 is 23.9 Å². The van der Waals surface area contributed by atoms with Gasteiger partial charge in [-0.3, -0.25) is 19.2 Å². The van der Waals surface area contributed by atoms with E-state index in [4.69, 9.17) is 4.74 Å². The molecule has 210 valence electrons. The molecule has 10 nitrogen and oxygen atoms in total. The summed E-state index contributed by atoms with van der Waals surface area (Å²) in [4.78, 5) is 56.7. The van der Waals surface area contributed by atoms with Gasteiger partial charge in [-0.2, -0.15) is 0 Å². The number of benzene rings is 3. The molecule has 1 aliphatic rings. The Balaban J connectivity index is 1.32. The second-order valence-electron chi connectivity index (χ2n) is 9.82. The molecule has 0 saturated carbocycles. The Kier molecular flexibility index (Phi) is 8.28. The van der Waals surface area contributed by atoms with E-state index in [-0.39, 0.29) is 43.8 Å². The van der Waals surface area contributed by atoms with Crippen molar-refractivity contribution in [3.63, 3.8) is 0 Å². The second-order valence-corrected chi connectivity index (χ2v) is 9.82. The number of carbonyl (C=O) groups is 4. The van der Waals surface area contributed by atoms with Crippen molar-refractivity contribution in [3.05, 3.63) is 102 Å². The molecule has 4 N–H and O–H groups in total. The minimum Gasteiger partial charge on any atom is -0.496 e. The number of carbonyl (C=O) groups excluding carboxylic acids is 4. The summed E-state index contributed by atoms with van der Waals surface area (Å²) in [6, 6.07) is 22.1. The molecule has 4 amide bonds. The number of aromatic amines is 1. The molecule has 1 fully saturated rings. The van der Waals surface area contributed by atoms with Crippen LogP contribution in [0.25, 0.3) is 10.9 Å². The first kappa shape index (κ1) is 27.4. The number of amides is 4. The van der Waals surface area contributed by atoms with Crippen LogP contribution in [0.4, 0.5) is 0 Å². The monoisotopic (exact) mass is 553 g/mol. The van der Waals surface area contributed by atoms with Crippen LogP contribution in [-0.2, 0) is 32.1 Å². The maximum Gasteiger partial charge on any atom is 0.250 e. The van der Waals surface area contributed by atoms with Crippen LogP contribution in [0.15, 0.2) is 85.1 Å². The van der Waals surface area contributed by atoms with Crippen LogP contribution in [0.1, 0.15) is 22.7 Å². The molecule has 4 aromatic rings. The van der Waals surface area contributed by atoms with E-state index in [1.54, 1.807) is 37.4 Å². The van der Waals surface area contributed by atoms with Gasteiger partial charge in [-0.1, -0.05) is 66.7 Å². The number of hydrogen-bond acceptors (Lipinski definition) is 5. The average molecular weight is 554 g/mol. The fourth-order valence-corrected chi connectivity index (χ4v) is 5.00. The number of piperazine rings is 1. The Morgan fingerprint density at radius 2 is 1.71 bits per heavy atom. The summed E-state index contributed by atoms with van der Waals surface area (Å²) in [7, 11) is 1.56. The first-order valence-electron chi connectivity index (χ1n) is 13.3. The summed E-state index contributed by atoms with van der Waals surface area (Å²) in [5.41, 5.74) is 3.19. The standard InChI is InChI=1S/C31H31N5O5/c1-41-26-14-8-5-11-21(26)16-33-30(39)25(15-22-17-32-24-13-7-6-12-23(22)24)34-27(37)18-36-19-28(38)35-29(31(36)40)20-9-3-2-4-10-20/h2-14,17,25,29,32H,15-16,18-19H2,1H3,(H,33,39)(H,34,37)(H,35,38). The van der Waals surface area contributed by atoms with Crippen LogP contribution in [0.5, 0.6) is 5.75 Å². The lowest BCUT2D eigenvalue weighted by Gasteiger charge is -2.32. The minimum absolute atomic E-state index is 0.201. The average Bonchev–Trinajstić information content (AvgIpc) is 3.40. The van der Waals surface area contributed by atoms with Crippen LogP contribution >= 0.6 is 0 Å². The molecule has 0 aliphatic carbocycles. The highest BCUT2D eigenvalue weighted by atomic mass is 16.5. The summed E-state index contributed by atoms with van der Waals surface area (Å²) in [6.45, 7) is -0.408. The van der Waals surface area contributed by atoms with Gasteiger partial charge < -0.3 is 30.6 Å². The predicted molar refractivity (Wildman–Crippen MR) is 153 cm³/mol. The van der Waals surface area contributed by atoms with Gasteiger partial charge in [0.1, 0.15) is 30.9 Å². The molecule has 1 aromatic heterocycles. The van der Waals surface area contributed by atoms with E-state index >= 15 is 0 Å². The topological polar surface area (TPSA) is 133 Å². The molecular formula is C31H31N5O5. The smallest absolute Gasteiger partial charge is 0.250 e. The summed E-state index contributed by atoms with van der Waals surface area (Å²) in [5.74, 6) is -1.05. The molecule has 0 bridgehead atoms. The lowest BCUT2D eigenvalue weighted by Crippen LogP contribution is -2.57. The molecule has 2 atom stereocenters. The molecule has 41 heavy (non-hydrogen) atoms. The number of methoxy groups -OCH3 is 1. The fraction of sp³-hybridized carbons (Fsp3) is 0.226. The summed E-state index contributed by atoms with van der Waals surface area (Å²) in [5, 5.41) is 9.34. The third kappa shape index (κ3) is 6.38. The summed E-state index contributed by atoms with van der Waals surface area (Å²) < 4.78 is 5.38. The van der Waals surface area contributed by atoms with E-state index in [1.165, 1.54) is 4.90 Å². The number of aromatic nitrogens is 1. The zero-order chi connectivity index (χ0) is 28.8. The van der Waals surface area contributed by atoms with E-state index in [9.17, 15) is 19.2 Å². The second kappa shape index (κ2) is 12.4. The zero-order valence-corrected chi connectivity index (χ0v) is 22.6. The van der Waals surface area contributed by atoms with E-state index in [2.05, 4.69) is 20.9 Å². The van der Waals surface area contributed by atoms with Crippen LogP contribution in [0.2, 0.25) is 0 Å². The van der Waals surface area contributed by atoms with Gasteiger partial charge in [0.15, 0.2) is 0 Å². The van der Waals surface area contributed by atoms with Gasteiger partial charge in [-0.05, 0) is 23.3 Å². The van der Waals surface area contributed by atoms with Gasteiger partial charge in [0.25, 0.3) is 5.91 Å². The van der Waals surface area contributed by atoms with Crippen molar-refractivity contribution in [1.82, 2.24) is 25.8 Å². The number of nitrogens with one attached hydrogen (secondary N) is 4. The Morgan fingerprint density at radius 1 is 0.976 bits per heavy atom. The third-order valence-corrected chi connectivity index (χ3v) is 7.06. The van der Waals surface area contributed by atoms with Crippen LogP contribution in [-0.4, -0.2) is 59.8 Å². The van der Waals surface area contributed by atoms with Gasteiger partial charge in [0.2, 0.25) is 17.7 Å². The van der Waals surface area contributed by atoms with Crippen molar-refractivity contribution in [2.24, 2.45) is 0 Å². The normalized spacial score (nSPS) is 15.7.